The molecular weight excluding hydrogens is 652 g/mol. The van der Waals surface area contributed by atoms with Crippen molar-refractivity contribution in [3.63, 3.8) is 0 Å². The van der Waals surface area contributed by atoms with Crippen LogP contribution in [0.1, 0.15) is 144 Å². The molecule has 0 bridgehead atoms. The van der Waals surface area contributed by atoms with Crippen LogP contribution in [0.3, 0.4) is 0 Å². The minimum Gasteiger partial charge on any atom is -1.00 e. The van der Waals surface area contributed by atoms with Gasteiger partial charge in [-0.1, -0.05) is 104 Å². The molecule has 0 amide bonds. The Labute approximate surface area is 304 Å². The predicted octanol–water partition coefficient (Wildman–Crippen LogP) is 5.39. The number of nitrogens with zero attached hydrogens (tertiary/aromatic N) is 3. The van der Waals surface area contributed by atoms with E-state index in [0.717, 1.165) is 98.4 Å². The predicted molar refractivity (Wildman–Crippen MR) is 190 cm³/mol. The Morgan fingerprint density at radius 3 is 1.04 bits per heavy atom. The van der Waals surface area contributed by atoms with Gasteiger partial charge < -0.3 is 24.8 Å². The molecule has 255 valence electrons. The third-order valence-electron chi connectivity index (χ3n) is 8.08. The fourth-order valence-corrected chi connectivity index (χ4v) is 6.15. The number of hydrogen-bond acceptors (Lipinski definition) is 3. The molecule has 0 atom stereocenters. The quantitative estimate of drug-likeness (QED) is 0.184. The van der Waals surface area contributed by atoms with Crippen LogP contribution in [0.2, 0.25) is 0 Å². The average Bonchev–Trinajstić information content (AvgIpc) is 2.97. The van der Waals surface area contributed by atoms with Gasteiger partial charge in [0.15, 0.2) is 0 Å². The fraction of sp³-hybridized carbons (Fsp3) is 0.525. The molecule has 3 aromatic rings. The van der Waals surface area contributed by atoms with Gasteiger partial charge in [0.2, 0.25) is 0 Å². The number of benzene rings is 2. The molecule has 0 fully saturated rings. The van der Waals surface area contributed by atoms with Crippen molar-refractivity contribution < 1.29 is 41.6 Å². The fourth-order valence-electron chi connectivity index (χ4n) is 6.15. The monoisotopic (exact) mass is 708 g/mol. The molecular formula is C40H57Cl2CoN3. The van der Waals surface area contributed by atoms with Gasteiger partial charge in [-0.15, -0.1) is 0 Å². The van der Waals surface area contributed by atoms with Crippen molar-refractivity contribution in [1.29, 1.82) is 0 Å². The number of aryl methyl sites for hydroxylation is 7. The van der Waals surface area contributed by atoms with Gasteiger partial charge in [-0.2, -0.15) is 0 Å². The van der Waals surface area contributed by atoms with Crippen LogP contribution in [0, 0.1) is 6.92 Å². The van der Waals surface area contributed by atoms with Crippen molar-refractivity contribution in [1.82, 2.24) is 4.98 Å². The summed E-state index contributed by atoms with van der Waals surface area (Å²) in [4.78, 5) is 15.8. The first kappa shape index (κ1) is 44.0. The molecule has 0 spiro atoms. The molecule has 3 rings (SSSR count). The second kappa shape index (κ2) is 22.6. The summed E-state index contributed by atoms with van der Waals surface area (Å²) in [5, 5.41) is 0. The van der Waals surface area contributed by atoms with Crippen molar-refractivity contribution in [3.8, 4) is 0 Å². The zero-order valence-electron chi connectivity index (χ0n) is 29.9. The number of rotatable bonds is 16. The SMILES string of the molecule is CCCc1cc(CCC)c(N=C(C)c2cc(C)cc(C(C)=Nc3c(CCC)cc(CCC)cc3CCC)n2)c(CCC)c1.[Cl-].[Cl-].[Co+2]. The van der Waals surface area contributed by atoms with Crippen LogP contribution in [0.5, 0.6) is 0 Å². The largest absolute Gasteiger partial charge is 2.00 e. The number of aromatic nitrogens is 1. The van der Waals surface area contributed by atoms with Gasteiger partial charge in [0.05, 0.1) is 34.2 Å². The first-order chi connectivity index (χ1) is 20.8. The van der Waals surface area contributed by atoms with E-state index < -0.39 is 0 Å². The Morgan fingerprint density at radius 2 is 0.783 bits per heavy atom. The minimum atomic E-state index is 0. The van der Waals surface area contributed by atoms with Crippen LogP contribution in [-0.2, 0) is 55.3 Å². The molecule has 46 heavy (non-hydrogen) atoms. The van der Waals surface area contributed by atoms with Gasteiger partial charge in [-0.25, -0.2) is 4.98 Å². The Morgan fingerprint density at radius 1 is 0.500 bits per heavy atom. The molecule has 0 unspecified atom stereocenters. The molecule has 0 aliphatic rings. The molecule has 1 heterocycles. The van der Waals surface area contributed by atoms with Crippen molar-refractivity contribution in [2.24, 2.45) is 9.98 Å². The first-order valence-corrected chi connectivity index (χ1v) is 17.2. The van der Waals surface area contributed by atoms with Crippen LogP contribution >= 0.6 is 0 Å². The topological polar surface area (TPSA) is 37.6 Å². The van der Waals surface area contributed by atoms with Gasteiger partial charge in [0, 0.05) is 0 Å². The van der Waals surface area contributed by atoms with Crippen LogP contribution < -0.4 is 24.8 Å². The van der Waals surface area contributed by atoms with E-state index in [-0.39, 0.29) is 41.6 Å². The number of halogens is 2. The normalized spacial score (nSPS) is 11.5. The van der Waals surface area contributed by atoms with Crippen molar-refractivity contribution in [2.45, 2.75) is 139 Å². The number of aliphatic imine (C=N–C) groups is 2. The van der Waals surface area contributed by atoms with E-state index in [4.69, 9.17) is 15.0 Å². The summed E-state index contributed by atoms with van der Waals surface area (Å²) in [6, 6.07) is 13.9. The Kier molecular flexibility index (Phi) is 21.6. The number of pyridine rings is 1. The van der Waals surface area contributed by atoms with Gasteiger partial charge in [-0.3, -0.25) is 9.98 Å². The van der Waals surface area contributed by atoms with Gasteiger partial charge in [0.25, 0.3) is 0 Å². The molecule has 0 saturated carbocycles. The van der Waals surface area contributed by atoms with Crippen molar-refractivity contribution in [3.05, 3.63) is 86.7 Å². The van der Waals surface area contributed by atoms with E-state index in [1.807, 2.05) is 0 Å². The molecule has 1 radical (unpaired) electrons. The smallest absolute Gasteiger partial charge is 1.00 e. The van der Waals surface area contributed by atoms with E-state index in [1.54, 1.807) is 0 Å². The molecule has 0 aliphatic heterocycles. The van der Waals surface area contributed by atoms with Crippen molar-refractivity contribution in [2.75, 3.05) is 0 Å². The van der Waals surface area contributed by atoms with Crippen LogP contribution in [0.15, 0.2) is 46.4 Å². The maximum Gasteiger partial charge on any atom is 2.00 e. The average molecular weight is 710 g/mol. The zero-order chi connectivity index (χ0) is 31.4. The van der Waals surface area contributed by atoms with E-state index in [1.165, 1.54) is 51.8 Å². The third-order valence-corrected chi connectivity index (χ3v) is 8.08. The molecule has 0 aliphatic carbocycles. The van der Waals surface area contributed by atoms with Crippen LogP contribution in [0.25, 0.3) is 0 Å². The molecule has 1 aromatic heterocycles. The summed E-state index contributed by atoms with van der Waals surface area (Å²) in [6.45, 7) is 20.0. The van der Waals surface area contributed by atoms with Crippen LogP contribution in [-0.4, -0.2) is 16.4 Å². The second-order valence-electron chi connectivity index (χ2n) is 12.3. The molecule has 3 nitrogen and oxygen atoms in total. The maximum absolute atomic E-state index is 5.31. The Bertz CT molecular complexity index is 1270. The number of hydrogen-bond donors (Lipinski definition) is 0. The summed E-state index contributed by atoms with van der Waals surface area (Å²) in [5.41, 5.74) is 15.7. The van der Waals surface area contributed by atoms with Gasteiger partial charge >= 0.3 is 16.8 Å². The van der Waals surface area contributed by atoms with E-state index in [0.29, 0.717) is 0 Å². The maximum atomic E-state index is 5.31. The molecule has 0 N–H and O–H groups in total. The van der Waals surface area contributed by atoms with Crippen molar-refractivity contribution >= 4 is 22.8 Å². The summed E-state index contributed by atoms with van der Waals surface area (Å²) in [7, 11) is 0. The minimum absolute atomic E-state index is 0. The summed E-state index contributed by atoms with van der Waals surface area (Å²) < 4.78 is 0. The molecule has 0 saturated heterocycles. The van der Waals surface area contributed by atoms with E-state index >= 15 is 0 Å². The van der Waals surface area contributed by atoms with Gasteiger partial charge in [0.1, 0.15) is 0 Å². The summed E-state index contributed by atoms with van der Waals surface area (Å²) >= 11 is 0. The third kappa shape index (κ3) is 12.2. The molecule has 6 heteroatoms. The Hall–Kier alpha value is -1.98. The second-order valence-corrected chi connectivity index (χ2v) is 12.3. The van der Waals surface area contributed by atoms with E-state index in [9.17, 15) is 0 Å². The summed E-state index contributed by atoms with van der Waals surface area (Å²) in [5.74, 6) is 0. The van der Waals surface area contributed by atoms with Gasteiger partial charge in [-0.05, 0) is 110 Å². The zero-order valence-corrected chi connectivity index (χ0v) is 32.4. The Balaban J connectivity index is 0.00000675. The standard InChI is InChI=1S/C40H57N3.2ClH.Co/c1-10-16-31-24-33(18-12-3)39(34(25-31)19-13-4)41-29(8)37-22-28(7)23-38(43-37)30(9)42-40-35(20-14-5)26-32(17-11-2)27-36(40)21-15-6;;;/h22-27H,10-21H2,1-9H3;2*1H;/q;;;+2/p-2. The van der Waals surface area contributed by atoms with Crippen LogP contribution in [0.4, 0.5) is 11.4 Å². The summed E-state index contributed by atoms with van der Waals surface area (Å²) in [6.07, 6.45) is 13.2. The van der Waals surface area contributed by atoms with E-state index in [2.05, 4.69) is 98.7 Å². The first-order valence-electron chi connectivity index (χ1n) is 17.2. The molecule has 2 aromatic carbocycles.